The van der Waals surface area contributed by atoms with Crippen molar-refractivity contribution in [3.63, 3.8) is 0 Å². The zero-order valence-electron chi connectivity index (χ0n) is 22.4. The summed E-state index contributed by atoms with van der Waals surface area (Å²) in [6, 6.07) is 13.2. The highest BCUT2D eigenvalue weighted by molar-refractivity contribution is 5.91. The van der Waals surface area contributed by atoms with Crippen LogP contribution in [0.25, 0.3) is 15.7 Å². The second kappa shape index (κ2) is 9.94. The van der Waals surface area contributed by atoms with Crippen LogP contribution in [0.2, 0.25) is 0 Å². The molecule has 5 rings (SSSR count). The average molecular weight is 515 g/mol. The summed E-state index contributed by atoms with van der Waals surface area (Å²) in [6.07, 6.45) is 7.70. The van der Waals surface area contributed by atoms with Crippen molar-refractivity contribution in [3.8, 4) is 0 Å². The minimum Gasteiger partial charge on any atom is -0.512 e. The van der Waals surface area contributed by atoms with Gasteiger partial charge >= 0.3 is 5.97 Å². The molecule has 5 nitrogen and oxygen atoms in total. The van der Waals surface area contributed by atoms with Crippen molar-refractivity contribution >= 4 is 16.9 Å². The maximum absolute atomic E-state index is 14.9. The van der Waals surface area contributed by atoms with E-state index < -0.39 is 17.1 Å². The number of fused-ring (bicyclic) bond motifs is 1. The number of aliphatic hydroxyl groups is 1. The van der Waals surface area contributed by atoms with E-state index in [1.807, 2.05) is 42.1 Å². The molecule has 1 atom stereocenters. The quantitative estimate of drug-likeness (QED) is 0.265. The van der Waals surface area contributed by atoms with Gasteiger partial charge in [-0.05, 0) is 78.4 Å². The number of halogens is 1. The summed E-state index contributed by atoms with van der Waals surface area (Å²) in [7, 11) is 1.99. The topological polar surface area (TPSA) is 55.8 Å². The Bertz CT molecular complexity index is 1460. The molecule has 1 N–H and O–H groups in total. The van der Waals surface area contributed by atoms with Crippen LogP contribution in [0, 0.1) is 18.3 Å². The Balaban J connectivity index is 1.38. The minimum atomic E-state index is -0.926. The number of carbonyl (C=O) groups excluding carboxylic acids is 1. The van der Waals surface area contributed by atoms with Crippen LogP contribution >= 0.6 is 0 Å². The van der Waals surface area contributed by atoms with Gasteiger partial charge in [0.25, 0.3) is 5.54 Å². The van der Waals surface area contributed by atoms with Gasteiger partial charge in [-0.2, -0.15) is 0 Å². The first-order valence-corrected chi connectivity index (χ1v) is 13.5. The number of benzene rings is 2. The molecule has 6 heteroatoms. The Morgan fingerprint density at radius 2 is 1.89 bits per heavy atom. The third-order valence-electron chi connectivity index (χ3n) is 8.60. The molecule has 0 bridgehead atoms. The normalized spacial score (nSPS) is 20.7. The number of ether oxygens (including phenoxy) is 1. The van der Waals surface area contributed by atoms with Gasteiger partial charge in [0.2, 0.25) is 0 Å². The van der Waals surface area contributed by atoms with Gasteiger partial charge in [-0.25, -0.2) is 15.8 Å². The lowest BCUT2D eigenvalue weighted by Gasteiger charge is -2.42. The summed E-state index contributed by atoms with van der Waals surface area (Å²) in [5.74, 6) is -0.559. The molecule has 0 amide bonds. The number of aliphatic hydroxyl groups excluding tert-OH is 1. The summed E-state index contributed by atoms with van der Waals surface area (Å²) in [6.45, 7) is 10.8. The van der Waals surface area contributed by atoms with Crippen molar-refractivity contribution in [2.45, 2.75) is 76.4 Å². The Kier molecular flexibility index (Phi) is 6.81. The summed E-state index contributed by atoms with van der Waals surface area (Å²) in [5, 5.41) is 12.3. The largest absolute Gasteiger partial charge is 0.512 e. The van der Waals surface area contributed by atoms with Gasteiger partial charge in [0.15, 0.2) is 0 Å². The Morgan fingerprint density at radius 3 is 2.58 bits per heavy atom. The predicted molar refractivity (Wildman–Crippen MR) is 146 cm³/mol. The standard InChI is InChI=1S/C32H35FN2O3/c1-31(2,34-3)26-11-9-21(19-27(26)33)13-15-32(24-7-5-6-8-24)20-29(36)25(30(37)38-32)18-22-10-12-28-23(17-22)14-16-35(28)4/h9-12,14,16-17,19,24,36H,5-8,13,15,18,20H2,1-2,4H3. The SMILES string of the molecule is [C-]#[N+]C(C)(C)c1ccc(CCC2(C3CCCC3)CC(O)=C(Cc3ccc4c(ccn4C)c3)C(=O)O2)cc1F. The number of esters is 1. The molecule has 0 saturated heterocycles. The van der Waals surface area contributed by atoms with Crippen LogP contribution in [-0.2, 0) is 35.0 Å². The van der Waals surface area contributed by atoms with Crippen molar-refractivity contribution in [2.24, 2.45) is 13.0 Å². The smallest absolute Gasteiger partial charge is 0.338 e. The van der Waals surface area contributed by atoms with Crippen LogP contribution in [-0.4, -0.2) is 21.2 Å². The number of aromatic nitrogens is 1. The molecule has 3 aromatic rings. The van der Waals surface area contributed by atoms with Crippen molar-refractivity contribution < 1.29 is 19.0 Å². The predicted octanol–water partition coefficient (Wildman–Crippen LogP) is 7.34. The molecule has 2 aromatic carbocycles. The van der Waals surface area contributed by atoms with Crippen molar-refractivity contribution in [1.29, 1.82) is 0 Å². The van der Waals surface area contributed by atoms with Gasteiger partial charge in [0, 0.05) is 45.5 Å². The van der Waals surface area contributed by atoms with E-state index in [1.165, 1.54) is 6.07 Å². The third kappa shape index (κ3) is 4.82. The first-order chi connectivity index (χ1) is 18.1. The van der Waals surface area contributed by atoms with E-state index in [2.05, 4.69) is 10.9 Å². The van der Waals surface area contributed by atoms with Gasteiger partial charge in [0.05, 0.1) is 11.1 Å². The highest BCUT2D eigenvalue weighted by Crippen LogP contribution is 2.46. The van der Waals surface area contributed by atoms with Crippen molar-refractivity contribution in [1.82, 2.24) is 4.57 Å². The molecule has 0 spiro atoms. The Morgan fingerprint density at radius 1 is 1.16 bits per heavy atom. The average Bonchev–Trinajstić information content (AvgIpc) is 3.56. The fraction of sp³-hybridized carbons (Fsp3) is 0.438. The minimum absolute atomic E-state index is 0.113. The van der Waals surface area contributed by atoms with Crippen LogP contribution in [0.5, 0.6) is 0 Å². The van der Waals surface area contributed by atoms with Crippen molar-refractivity contribution in [3.05, 3.63) is 93.9 Å². The monoisotopic (exact) mass is 514 g/mol. The van der Waals surface area contributed by atoms with Crippen LogP contribution < -0.4 is 0 Å². The molecule has 1 aromatic heterocycles. The molecule has 0 radical (unpaired) electrons. The molecule has 1 saturated carbocycles. The Labute approximate surface area is 223 Å². The Hall–Kier alpha value is -3.59. The summed E-state index contributed by atoms with van der Waals surface area (Å²) in [5.41, 5.74) is 1.84. The molecule has 1 aliphatic carbocycles. The second-order valence-electron chi connectivity index (χ2n) is 11.5. The van der Waals surface area contributed by atoms with Gasteiger partial charge in [-0.3, -0.25) is 0 Å². The highest BCUT2D eigenvalue weighted by atomic mass is 19.1. The molecule has 2 heterocycles. The first-order valence-electron chi connectivity index (χ1n) is 13.5. The van der Waals surface area contributed by atoms with Gasteiger partial charge in [-0.1, -0.05) is 25.0 Å². The number of nitrogens with zero attached hydrogens (tertiary/aromatic N) is 2. The van der Waals surface area contributed by atoms with E-state index in [-0.39, 0.29) is 23.9 Å². The van der Waals surface area contributed by atoms with Crippen LogP contribution in [0.4, 0.5) is 4.39 Å². The third-order valence-corrected chi connectivity index (χ3v) is 8.60. The van der Waals surface area contributed by atoms with Gasteiger partial charge in [-0.15, -0.1) is 0 Å². The number of carbonyl (C=O) groups is 1. The number of cyclic esters (lactones) is 1. The van der Waals surface area contributed by atoms with Crippen LogP contribution in [0.1, 0.15) is 69.1 Å². The number of hydrogen-bond donors (Lipinski definition) is 1. The molecule has 38 heavy (non-hydrogen) atoms. The summed E-state index contributed by atoms with van der Waals surface area (Å²) >= 11 is 0. The van der Waals surface area contributed by atoms with E-state index in [0.29, 0.717) is 30.4 Å². The van der Waals surface area contributed by atoms with E-state index in [4.69, 9.17) is 11.3 Å². The molecule has 1 aliphatic heterocycles. The van der Waals surface area contributed by atoms with E-state index >= 15 is 0 Å². The van der Waals surface area contributed by atoms with E-state index in [9.17, 15) is 14.3 Å². The molecule has 2 aliphatic rings. The maximum Gasteiger partial charge on any atom is 0.338 e. The molecule has 198 valence electrons. The highest BCUT2D eigenvalue weighted by Gasteiger charge is 2.48. The number of hydrogen-bond acceptors (Lipinski definition) is 3. The lowest BCUT2D eigenvalue weighted by molar-refractivity contribution is -0.167. The lowest BCUT2D eigenvalue weighted by atomic mass is 9.76. The van der Waals surface area contributed by atoms with Gasteiger partial charge in [0.1, 0.15) is 17.2 Å². The number of aryl methyl sites for hydroxylation is 2. The van der Waals surface area contributed by atoms with Gasteiger partial charge < -0.3 is 19.3 Å². The zero-order chi connectivity index (χ0) is 27.1. The molecule has 1 unspecified atom stereocenters. The van der Waals surface area contributed by atoms with E-state index in [0.717, 1.165) is 47.7 Å². The van der Waals surface area contributed by atoms with Crippen LogP contribution in [0.3, 0.4) is 0 Å². The van der Waals surface area contributed by atoms with Crippen LogP contribution in [0.15, 0.2) is 60.0 Å². The molecular weight excluding hydrogens is 479 g/mol. The summed E-state index contributed by atoms with van der Waals surface area (Å²) in [4.78, 5) is 16.9. The van der Waals surface area contributed by atoms with E-state index in [1.54, 1.807) is 19.9 Å². The second-order valence-corrected chi connectivity index (χ2v) is 11.5. The fourth-order valence-corrected chi connectivity index (χ4v) is 6.26. The molecular formula is C32H35FN2O3. The molecule has 1 fully saturated rings. The van der Waals surface area contributed by atoms with Crippen molar-refractivity contribution in [2.75, 3.05) is 0 Å². The zero-order valence-corrected chi connectivity index (χ0v) is 22.4. The fourth-order valence-electron chi connectivity index (χ4n) is 6.26. The lowest BCUT2D eigenvalue weighted by Crippen LogP contribution is -2.46. The maximum atomic E-state index is 14.9. The first kappa shape index (κ1) is 26.0. The summed E-state index contributed by atoms with van der Waals surface area (Å²) < 4.78 is 23.2. The number of rotatable bonds is 7.